The molecule has 0 aliphatic carbocycles. The molecule has 4 rings (SSSR count). The van der Waals surface area contributed by atoms with Crippen LogP contribution in [0.1, 0.15) is 53.8 Å². The third kappa shape index (κ3) is 3.69. The van der Waals surface area contributed by atoms with E-state index in [1.54, 1.807) is 0 Å². The average Bonchev–Trinajstić information content (AvgIpc) is 3.10. The highest BCUT2D eigenvalue weighted by Gasteiger charge is 2.24. The monoisotopic (exact) mass is 369 g/mol. The van der Waals surface area contributed by atoms with Gasteiger partial charge in [-0.25, -0.2) is 0 Å². The van der Waals surface area contributed by atoms with Crippen molar-refractivity contribution in [2.24, 2.45) is 0 Å². The number of aryl methyl sites for hydroxylation is 1. The molecule has 0 radical (unpaired) electrons. The number of hydrogen-bond acceptors (Lipinski definition) is 5. The van der Waals surface area contributed by atoms with Crippen molar-refractivity contribution in [1.82, 2.24) is 19.7 Å². The van der Waals surface area contributed by atoms with Crippen LogP contribution in [0.5, 0.6) is 0 Å². The number of nitrogens with zero attached hydrogens (tertiary/aromatic N) is 4. The van der Waals surface area contributed by atoms with Gasteiger partial charge < -0.3 is 19.5 Å². The number of anilines is 1. The number of nitrogens with one attached hydrogen (secondary N) is 1. The third-order valence-electron chi connectivity index (χ3n) is 5.57. The van der Waals surface area contributed by atoms with Crippen LogP contribution < -0.4 is 5.32 Å². The second-order valence-corrected chi connectivity index (χ2v) is 7.46. The summed E-state index contributed by atoms with van der Waals surface area (Å²) in [5, 5.41) is 11.9. The molecule has 1 aromatic carbocycles. The Bertz CT molecular complexity index is 832. The fourth-order valence-electron chi connectivity index (χ4n) is 3.92. The summed E-state index contributed by atoms with van der Waals surface area (Å²) in [5.74, 6) is 1.93. The fraction of sp³-hybridized carbons (Fsp3) is 0.550. The largest absolute Gasteiger partial charge is 0.378 e. The minimum atomic E-state index is 0.142. The van der Waals surface area contributed by atoms with Gasteiger partial charge in [0.25, 0.3) is 5.91 Å². The lowest BCUT2D eigenvalue weighted by atomic mass is 10.0. The number of amides is 1. The van der Waals surface area contributed by atoms with Crippen LogP contribution in [-0.4, -0.2) is 44.8 Å². The predicted octanol–water partition coefficient (Wildman–Crippen LogP) is 2.74. The van der Waals surface area contributed by atoms with Gasteiger partial charge in [-0.2, -0.15) is 0 Å². The number of fused-ring (bicyclic) bond motifs is 1. The maximum Gasteiger partial charge on any atom is 0.254 e. The molecular formula is C20H27N5O2. The van der Waals surface area contributed by atoms with Gasteiger partial charge in [-0.1, -0.05) is 0 Å². The Hall–Kier alpha value is -2.41. The normalized spacial score (nSPS) is 19.6. The standard InChI is InChI=1S/C20H27N5O2/c1-14-11-16(20(26)24-8-4-3-5-15(24)2)6-7-17(14)21-12-18-22-23-19-13-27-10-9-25(18)19/h6-7,11,15,21H,3-5,8-10,12-13H2,1-2H3. The predicted molar refractivity (Wildman–Crippen MR) is 103 cm³/mol. The molecule has 27 heavy (non-hydrogen) atoms. The molecule has 1 N–H and O–H groups in total. The van der Waals surface area contributed by atoms with E-state index < -0.39 is 0 Å². The van der Waals surface area contributed by atoms with Gasteiger partial charge in [0, 0.05) is 30.4 Å². The fourth-order valence-corrected chi connectivity index (χ4v) is 3.92. The number of likely N-dealkylation sites (tertiary alicyclic amines) is 1. The van der Waals surface area contributed by atoms with Crippen LogP contribution in [-0.2, 0) is 24.4 Å². The van der Waals surface area contributed by atoms with Crippen molar-refractivity contribution >= 4 is 11.6 Å². The molecule has 144 valence electrons. The molecule has 1 unspecified atom stereocenters. The number of carbonyl (C=O) groups excluding carboxylic acids is 1. The summed E-state index contributed by atoms with van der Waals surface area (Å²) in [6.07, 6.45) is 3.41. The Morgan fingerprint density at radius 1 is 1.30 bits per heavy atom. The van der Waals surface area contributed by atoms with Crippen LogP contribution in [0.25, 0.3) is 0 Å². The second-order valence-electron chi connectivity index (χ2n) is 7.46. The molecule has 0 saturated carbocycles. The van der Waals surface area contributed by atoms with E-state index in [-0.39, 0.29) is 5.91 Å². The topological polar surface area (TPSA) is 72.3 Å². The summed E-state index contributed by atoms with van der Waals surface area (Å²) in [7, 11) is 0. The lowest BCUT2D eigenvalue weighted by Gasteiger charge is -2.33. The molecule has 7 heteroatoms. The van der Waals surface area contributed by atoms with Crippen LogP contribution in [0, 0.1) is 6.92 Å². The van der Waals surface area contributed by atoms with Gasteiger partial charge in [-0.3, -0.25) is 4.79 Å². The van der Waals surface area contributed by atoms with E-state index in [1.807, 2.05) is 30.0 Å². The van der Waals surface area contributed by atoms with E-state index in [4.69, 9.17) is 4.74 Å². The highest BCUT2D eigenvalue weighted by atomic mass is 16.5. The van der Waals surface area contributed by atoms with Crippen molar-refractivity contribution in [1.29, 1.82) is 0 Å². The summed E-state index contributed by atoms with van der Waals surface area (Å²) in [4.78, 5) is 14.9. The Labute approximate surface area is 159 Å². The highest BCUT2D eigenvalue weighted by Crippen LogP contribution is 2.23. The molecule has 2 aliphatic heterocycles. The molecule has 1 fully saturated rings. The molecule has 0 spiro atoms. The van der Waals surface area contributed by atoms with E-state index in [9.17, 15) is 4.79 Å². The second kappa shape index (κ2) is 7.68. The highest BCUT2D eigenvalue weighted by molar-refractivity contribution is 5.95. The molecule has 2 aliphatic rings. The lowest BCUT2D eigenvalue weighted by molar-refractivity contribution is 0.0635. The summed E-state index contributed by atoms with van der Waals surface area (Å²) in [5.41, 5.74) is 2.85. The molecule has 0 bridgehead atoms. The van der Waals surface area contributed by atoms with Crippen molar-refractivity contribution in [2.75, 3.05) is 18.5 Å². The Kier molecular flexibility index (Phi) is 5.11. The molecule has 7 nitrogen and oxygen atoms in total. The minimum absolute atomic E-state index is 0.142. The zero-order chi connectivity index (χ0) is 18.8. The number of benzene rings is 1. The van der Waals surface area contributed by atoms with Gasteiger partial charge >= 0.3 is 0 Å². The summed E-state index contributed by atoms with van der Waals surface area (Å²) < 4.78 is 7.52. The molecule has 1 amide bonds. The van der Waals surface area contributed by atoms with Crippen LogP contribution >= 0.6 is 0 Å². The van der Waals surface area contributed by atoms with Gasteiger partial charge in [-0.05, 0) is 56.9 Å². The Morgan fingerprint density at radius 2 is 2.19 bits per heavy atom. The molecule has 3 heterocycles. The molecule has 1 aromatic heterocycles. The number of ether oxygens (including phenoxy) is 1. The number of carbonyl (C=O) groups is 1. The van der Waals surface area contributed by atoms with Gasteiger partial charge in [0.15, 0.2) is 11.6 Å². The van der Waals surface area contributed by atoms with Crippen LogP contribution in [0.4, 0.5) is 5.69 Å². The first-order valence-corrected chi connectivity index (χ1v) is 9.77. The average molecular weight is 369 g/mol. The van der Waals surface area contributed by atoms with E-state index in [0.29, 0.717) is 25.8 Å². The van der Waals surface area contributed by atoms with Crippen molar-refractivity contribution in [2.45, 2.75) is 58.8 Å². The summed E-state index contributed by atoms with van der Waals surface area (Å²) in [6, 6.07) is 6.23. The number of hydrogen-bond donors (Lipinski definition) is 1. The number of aromatic nitrogens is 3. The van der Waals surface area contributed by atoms with Gasteiger partial charge in [0.05, 0.1) is 13.2 Å². The molecular weight excluding hydrogens is 342 g/mol. The molecule has 1 atom stereocenters. The Morgan fingerprint density at radius 3 is 3.00 bits per heavy atom. The van der Waals surface area contributed by atoms with Crippen LogP contribution in [0.15, 0.2) is 18.2 Å². The zero-order valence-corrected chi connectivity index (χ0v) is 16.1. The third-order valence-corrected chi connectivity index (χ3v) is 5.57. The van der Waals surface area contributed by atoms with Crippen LogP contribution in [0.3, 0.4) is 0 Å². The molecule has 1 saturated heterocycles. The minimum Gasteiger partial charge on any atom is -0.378 e. The molecule has 2 aromatic rings. The van der Waals surface area contributed by atoms with Gasteiger partial charge in [0.1, 0.15) is 6.61 Å². The van der Waals surface area contributed by atoms with E-state index >= 15 is 0 Å². The zero-order valence-electron chi connectivity index (χ0n) is 16.1. The van der Waals surface area contributed by atoms with E-state index in [2.05, 4.69) is 27.0 Å². The van der Waals surface area contributed by atoms with Gasteiger partial charge in [0.2, 0.25) is 0 Å². The van der Waals surface area contributed by atoms with Crippen LogP contribution in [0.2, 0.25) is 0 Å². The summed E-state index contributed by atoms with van der Waals surface area (Å²) in [6.45, 7) is 7.65. The van der Waals surface area contributed by atoms with Gasteiger partial charge in [-0.15, -0.1) is 10.2 Å². The Balaban J connectivity index is 1.44. The first-order chi connectivity index (χ1) is 13.1. The quantitative estimate of drug-likeness (QED) is 0.897. The van der Waals surface area contributed by atoms with Crippen molar-refractivity contribution < 1.29 is 9.53 Å². The SMILES string of the molecule is Cc1cc(C(=O)N2CCCCC2C)ccc1NCc1nnc2n1CCOC2. The smallest absolute Gasteiger partial charge is 0.254 e. The van der Waals surface area contributed by atoms with E-state index in [0.717, 1.165) is 54.4 Å². The number of piperidine rings is 1. The maximum absolute atomic E-state index is 12.9. The first kappa shape index (κ1) is 18.0. The van der Waals surface area contributed by atoms with Crippen molar-refractivity contribution in [3.05, 3.63) is 41.0 Å². The number of rotatable bonds is 4. The first-order valence-electron chi connectivity index (χ1n) is 9.77. The van der Waals surface area contributed by atoms with Crippen molar-refractivity contribution in [3.8, 4) is 0 Å². The van der Waals surface area contributed by atoms with E-state index in [1.165, 1.54) is 6.42 Å². The lowest BCUT2D eigenvalue weighted by Crippen LogP contribution is -2.42. The maximum atomic E-state index is 12.9. The van der Waals surface area contributed by atoms with Crippen molar-refractivity contribution in [3.63, 3.8) is 0 Å². The summed E-state index contributed by atoms with van der Waals surface area (Å²) >= 11 is 0.